The monoisotopic (exact) mass is 477 g/mol. The quantitative estimate of drug-likeness (QED) is 0.350. The van der Waals surface area contributed by atoms with Gasteiger partial charge in [0.1, 0.15) is 17.2 Å². The Morgan fingerprint density at radius 1 is 0.457 bits per heavy atom. The van der Waals surface area contributed by atoms with E-state index in [4.69, 9.17) is 15.8 Å². The van der Waals surface area contributed by atoms with Gasteiger partial charge in [-0.1, -0.05) is 110 Å². The lowest BCUT2D eigenvalue weighted by Crippen LogP contribution is -1.78. The van der Waals surface area contributed by atoms with Gasteiger partial charge in [-0.25, -0.2) is 0 Å². The zero-order chi connectivity index (χ0) is 25.0. The Hall–Kier alpha value is -4.47. The second kappa shape index (κ2) is 31.7. The van der Waals surface area contributed by atoms with Gasteiger partial charge in [-0.3, -0.25) is 0 Å². The van der Waals surface area contributed by atoms with Crippen molar-refractivity contribution in [1.29, 1.82) is 15.8 Å². The van der Waals surface area contributed by atoms with Crippen LogP contribution in [0.25, 0.3) is 0 Å². The molecule has 0 fully saturated rings. The molecule has 35 heavy (non-hydrogen) atoms. The van der Waals surface area contributed by atoms with Crippen LogP contribution < -0.4 is 14.2 Å². The summed E-state index contributed by atoms with van der Waals surface area (Å²) in [6.07, 6.45) is 7.25. The molecule has 3 aromatic carbocycles. The van der Waals surface area contributed by atoms with Gasteiger partial charge in [-0.2, -0.15) is 0 Å². The third-order valence-electron chi connectivity index (χ3n) is 2.72. The standard InChI is InChI=1S/3C7H5NO.2C3H8.2CH4/c3*8-6-9-7-4-2-1-3-5-7;2*1-3-2;;/h3*1-5H;2*3H2,1-2H3;2*1H4. The summed E-state index contributed by atoms with van der Waals surface area (Å²) >= 11 is 0. The topological polar surface area (TPSA) is 99.1 Å². The minimum Gasteiger partial charge on any atom is -0.388 e. The number of nitriles is 3. The van der Waals surface area contributed by atoms with E-state index in [1.54, 1.807) is 55.2 Å². The highest BCUT2D eigenvalue weighted by molar-refractivity contribution is 5.23. The fourth-order valence-corrected chi connectivity index (χ4v) is 1.62. The number of para-hydroxylation sites is 3. The lowest BCUT2D eigenvalue weighted by molar-refractivity contribution is 0.507. The number of ether oxygens (including phenoxy) is 3. The zero-order valence-electron chi connectivity index (χ0n) is 19.6. The Labute approximate surface area is 212 Å². The second-order valence-electron chi connectivity index (χ2n) is 5.93. The molecule has 0 N–H and O–H groups in total. The largest absolute Gasteiger partial charge is 0.388 e. The van der Waals surface area contributed by atoms with Crippen molar-refractivity contribution in [2.24, 2.45) is 0 Å². The fraction of sp³-hybridized carbons (Fsp3) is 0.276. The van der Waals surface area contributed by atoms with Crippen molar-refractivity contribution in [2.45, 2.75) is 55.4 Å². The lowest BCUT2D eigenvalue weighted by atomic mass is 10.3. The van der Waals surface area contributed by atoms with E-state index in [-0.39, 0.29) is 14.9 Å². The highest BCUT2D eigenvalue weighted by Crippen LogP contribution is 2.07. The summed E-state index contributed by atoms with van der Waals surface area (Å²) in [7, 11) is 0. The molecule has 0 atom stereocenters. The van der Waals surface area contributed by atoms with Crippen LogP contribution in [0.2, 0.25) is 0 Å². The molecular formula is C29H39N3O3. The van der Waals surface area contributed by atoms with Crippen molar-refractivity contribution in [1.82, 2.24) is 0 Å². The minimum absolute atomic E-state index is 0. The Kier molecular flexibility index (Phi) is 34.3. The van der Waals surface area contributed by atoms with Gasteiger partial charge in [0, 0.05) is 0 Å². The maximum absolute atomic E-state index is 8.05. The van der Waals surface area contributed by atoms with Crippen molar-refractivity contribution < 1.29 is 14.2 Å². The first kappa shape index (κ1) is 37.8. The molecule has 3 aromatic rings. The van der Waals surface area contributed by atoms with Crippen molar-refractivity contribution in [2.75, 3.05) is 0 Å². The van der Waals surface area contributed by atoms with Crippen LogP contribution in [0.4, 0.5) is 0 Å². The van der Waals surface area contributed by atoms with Crippen LogP contribution in [0, 0.1) is 34.6 Å². The van der Waals surface area contributed by atoms with Crippen LogP contribution >= 0.6 is 0 Å². The first-order valence-corrected chi connectivity index (χ1v) is 10.5. The average molecular weight is 478 g/mol. The highest BCUT2D eigenvalue weighted by Gasteiger charge is 1.86. The minimum atomic E-state index is 0. The lowest BCUT2D eigenvalue weighted by Gasteiger charge is -1.89. The van der Waals surface area contributed by atoms with Crippen LogP contribution in [-0.2, 0) is 0 Å². The molecule has 0 heterocycles. The van der Waals surface area contributed by atoms with Crippen LogP contribution in [0.5, 0.6) is 17.2 Å². The zero-order valence-corrected chi connectivity index (χ0v) is 19.6. The molecule has 188 valence electrons. The molecule has 0 aromatic heterocycles. The van der Waals surface area contributed by atoms with E-state index in [0.717, 1.165) is 0 Å². The summed E-state index contributed by atoms with van der Waals surface area (Å²) in [6.45, 7) is 8.50. The molecule has 0 radical (unpaired) electrons. The fourth-order valence-electron chi connectivity index (χ4n) is 1.62. The third kappa shape index (κ3) is 27.5. The first-order valence-electron chi connectivity index (χ1n) is 10.5. The van der Waals surface area contributed by atoms with Crippen molar-refractivity contribution in [3.05, 3.63) is 91.0 Å². The molecule has 0 aliphatic carbocycles. The van der Waals surface area contributed by atoms with Crippen molar-refractivity contribution >= 4 is 0 Å². The molecule has 0 unspecified atom stereocenters. The summed E-state index contributed by atoms with van der Waals surface area (Å²) in [5.41, 5.74) is 0. The molecule has 0 aliphatic rings. The summed E-state index contributed by atoms with van der Waals surface area (Å²) < 4.78 is 13.5. The van der Waals surface area contributed by atoms with Crippen molar-refractivity contribution in [3.8, 4) is 36.0 Å². The predicted molar refractivity (Wildman–Crippen MR) is 143 cm³/mol. The maximum atomic E-state index is 8.05. The Morgan fingerprint density at radius 2 is 0.629 bits per heavy atom. The van der Waals surface area contributed by atoms with Gasteiger partial charge in [-0.15, -0.1) is 15.8 Å². The van der Waals surface area contributed by atoms with E-state index in [9.17, 15) is 0 Å². The number of hydrogen-bond acceptors (Lipinski definition) is 6. The molecule has 0 amide bonds. The average Bonchev–Trinajstić information content (AvgIpc) is 2.84. The number of rotatable bonds is 3. The Morgan fingerprint density at radius 3 is 0.771 bits per heavy atom. The Balaban J connectivity index is -0.000000180. The summed E-state index contributed by atoms with van der Waals surface area (Å²) in [5, 5.41) is 24.1. The van der Waals surface area contributed by atoms with E-state index in [1.165, 1.54) is 12.8 Å². The molecule has 0 aliphatic heterocycles. The van der Waals surface area contributed by atoms with Gasteiger partial charge in [0.25, 0.3) is 18.8 Å². The number of benzene rings is 3. The smallest absolute Gasteiger partial charge is 0.292 e. The summed E-state index contributed by atoms with van der Waals surface area (Å²) in [4.78, 5) is 0. The SMILES string of the molecule is C.C.CCC.CCC.N#COc1ccccc1.N#COc1ccccc1.N#COc1ccccc1. The van der Waals surface area contributed by atoms with E-state index < -0.39 is 0 Å². The van der Waals surface area contributed by atoms with Gasteiger partial charge in [0.2, 0.25) is 0 Å². The summed E-state index contributed by atoms with van der Waals surface area (Å²) in [5.74, 6) is 1.75. The van der Waals surface area contributed by atoms with Gasteiger partial charge in [-0.05, 0) is 36.4 Å². The van der Waals surface area contributed by atoms with Gasteiger partial charge < -0.3 is 14.2 Å². The van der Waals surface area contributed by atoms with Crippen LogP contribution in [-0.4, -0.2) is 0 Å². The Bertz CT molecular complexity index is 790. The van der Waals surface area contributed by atoms with Gasteiger partial charge >= 0.3 is 0 Å². The molecule has 0 spiro atoms. The van der Waals surface area contributed by atoms with Crippen molar-refractivity contribution in [3.63, 3.8) is 0 Å². The molecule has 6 heteroatoms. The van der Waals surface area contributed by atoms with Gasteiger partial charge in [0.05, 0.1) is 0 Å². The molecule has 0 bridgehead atoms. The van der Waals surface area contributed by atoms with E-state index in [2.05, 4.69) is 41.9 Å². The molecule has 0 saturated carbocycles. The summed E-state index contributed by atoms with van der Waals surface area (Å²) in [6, 6.07) is 26.8. The van der Waals surface area contributed by atoms with Crippen LogP contribution in [0.15, 0.2) is 91.0 Å². The molecular weight excluding hydrogens is 438 g/mol. The third-order valence-corrected chi connectivity index (χ3v) is 2.72. The van der Waals surface area contributed by atoms with Crippen LogP contribution in [0.1, 0.15) is 55.4 Å². The molecule has 6 nitrogen and oxygen atoms in total. The number of hydrogen-bond donors (Lipinski definition) is 0. The molecule has 0 saturated heterocycles. The second-order valence-corrected chi connectivity index (χ2v) is 5.93. The first-order chi connectivity index (χ1) is 16.1. The van der Waals surface area contributed by atoms with E-state index in [1.807, 2.05) is 54.6 Å². The predicted octanol–water partition coefficient (Wildman–Crippen LogP) is 8.74. The maximum Gasteiger partial charge on any atom is 0.292 e. The van der Waals surface area contributed by atoms with Crippen LogP contribution in [0.3, 0.4) is 0 Å². The normalized spacial score (nSPS) is 7.11. The molecule has 3 rings (SSSR count). The van der Waals surface area contributed by atoms with Gasteiger partial charge in [0.15, 0.2) is 0 Å². The number of nitrogens with zero attached hydrogens (tertiary/aromatic N) is 3. The highest BCUT2D eigenvalue weighted by atomic mass is 16.5. The van der Waals surface area contributed by atoms with E-state index >= 15 is 0 Å². The van der Waals surface area contributed by atoms with E-state index in [0.29, 0.717) is 17.2 Å².